The molecule has 6 heterocycles. The Hall–Kier alpha value is -3.68. The van der Waals surface area contributed by atoms with E-state index >= 15 is 0 Å². The minimum absolute atomic E-state index is 0.106. The van der Waals surface area contributed by atoms with Gasteiger partial charge < -0.3 is 19.4 Å². The number of hydrogen-bond acceptors (Lipinski definition) is 9. The van der Waals surface area contributed by atoms with Crippen molar-refractivity contribution in [3.63, 3.8) is 0 Å². The van der Waals surface area contributed by atoms with E-state index in [9.17, 15) is 10.1 Å². The van der Waals surface area contributed by atoms with Gasteiger partial charge in [-0.25, -0.2) is 0 Å². The third-order valence-corrected chi connectivity index (χ3v) is 10.6. The molecule has 1 aromatic carbocycles. The van der Waals surface area contributed by atoms with Crippen LogP contribution in [0.25, 0.3) is 10.1 Å². The van der Waals surface area contributed by atoms with Gasteiger partial charge in [-0.3, -0.25) is 9.69 Å². The summed E-state index contributed by atoms with van der Waals surface area (Å²) in [6.07, 6.45) is 7.20. The molecule has 10 heteroatoms. The first-order valence-corrected chi connectivity index (χ1v) is 16.0. The van der Waals surface area contributed by atoms with Gasteiger partial charge in [0.15, 0.2) is 0 Å². The van der Waals surface area contributed by atoms with Crippen LogP contribution in [0.3, 0.4) is 0 Å². The average Bonchev–Trinajstić information content (AvgIpc) is 3.75. The number of benzene rings is 1. The zero-order valence-electron chi connectivity index (χ0n) is 24.0. The van der Waals surface area contributed by atoms with Gasteiger partial charge >= 0.3 is 6.01 Å². The summed E-state index contributed by atoms with van der Waals surface area (Å²) in [4.78, 5) is 31.7. The fourth-order valence-corrected chi connectivity index (χ4v) is 8.48. The first kappa shape index (κ1) is 27.2. The van der Waals surface area contributed by atoms with Crippen LogP contribution in [0.1, 0.15) is 43.4 Å². The lowest BCUT2D eigenvalue weighted by Crippen LogP contribution is -2.55. The predicted molar refractivity (Wildman–Crippen MR) is 165 cm³/mol. The molecule has 3 fully saturated rings. The monoisotopic (exact) mass is 583 g/mol. The number of rotatable bonds is 7. The topological polar surface area (TPSA) is 88.8 Å². The Kier molecular flexibility index (Phi) is 7.24. The molecule has 0 N–H and O–H groups in total. The Morgan fingerprint density at radius 2 is 2.00 bits per heavy atom. The predicted octanol–water partition coefficient (Wildman–Crippen LogP) is 4.38. The minimum atomic E-state index is -0.217. The van der Waals surface area contributed by atoms with E-state index in [1.54, 1.807) is 16.2 Å². The number of piperazine rings is 1. The highest BCUT2D eigenvalue weighted by molar-refractivity contribution is 7.17. The van der Waals surface area contributed by atoms with Crippen LogP contribution in [0.15, 0.2) is 42.3 Å². The van der Waals surface area contributed by atoms with Crippen molar-refractivity contribution in [3.8, 4) is 12.1 Å². The molecule has 0 saturated carbocycles. The molecule has 7 rings (SSSR count). The van der Waals surface area contributed by atoms with Crippen LogP contribution in [-0.2, 0) is 17.8 Å². The number of carbonyl (C=O) groups is 1. The van der Waals surface area contributed by atoms with Gasteiger partial charge in [-0.2, -0.15) is 15.2 Å². The van der Waals surface area contributed by atoms with Crippen LogP contribution < -0.4 is 14.5 Å². The number of nitrogens with zero attached hydrogens (tertiary/aromatic N) is 7. The summed E-state index contributed by atoms with van der Waals surface area (Å²) in [7, 11) is 0. The van der Waals surface area contributed by atoms with Gasteiger partial charge in [0.1, 0.15) is 12.4 Å². The third kappa shape index (κ3) is 4.78. The Morgan fingerprint density at radius 3 is 2.81 bits per heavy atom. The standard InChI is InChI=1S/C32H37N7O2S/c1-2-28(40)39-18-17-37(20-24(39)8-13-33)30-25-9-16-36(27-7-3-6-23-10-19-42-29(23)27)21-26(25)34-31(35-30)41-22-32-11-4-14-38(32)15-5-12-32/h2-3,6-7,10,19,24H,1,4-5,8-9,11-12,14-18,20-22H2/t24-/m0/s1. The van der Waals surface area contributed by atoms with Crippen LogP contribution in [0, 0.1) is 11.3 Å². The van der Waals surface area contributed by atoms with Crippen molar-refractivity contribution >= 4 is 38.8 Å². The summed E-state index contributed by atoms with van der Waals surface area (Å²) in [5, 5.41) is 13.0. The van der Waals surface area contributed by atoms with E-state index in [2.05, 4.69) is 57.0 Å². The fourth-order valence-electron chi connectivity index (χ4n) is 7.54. The summed E-state index contributed by atoms with van der Waals surface area (Å²) >= 11 is 1.78. The molecular formula is C32H37N7O2S. The molecule has 0 radical (unpaired) electrons. The molecule has 1 amide bonds. The molecule has 1 atom stereocenters. The maximum absolute atomic E-state index is 12.6. The van der Waals surface area contributed by atoms with Crippen LogP contribution in [0.2, 0.25) is 0 Å². The number of fused-ring (bicyclic) bond motifs is 3. The van der Waals surface area contributed by atoms with Crippen LogP contribution in [0.4, 0.5) is 11.5 Å². The van der Waals surface area contributed by atoms with E-state index in [1.165, 1.54) is 47.5 Å². The third-order valence-electron chi connectivity index (χ3n) is 9.67. The molecule has 3 saturated heterocycles. The zero-order chi connectivity index (χ0) is 28.7. The number of carbonyl (C=O) groups excluding carboxylic acids is 1. The second-order valence-electron chi connectivity index (χ2n) is 11.9. The summed E-state index contributed by atoms with van der Waals surface area (Å²) < 4.78 is 7.81. The van der Waals surface area contributed by atoms with Gasteiger partial charge in [-0.05, 0) is 74.2 Å². The van der Waals surface area contributed by atoms with E-state index in [0.717, 1.165) is 43.1 Å². The second-order valence-corrected chi connectivity index (χ2v) is 12.9. The lowest BCUT2D eigenvalue weighted by Gasteiger charge is -2.42. The lowest BCUT2D eigenvalue weighted by atomic mass is 9.95. The molecule has 42 heavy (non-hydrogen) atoms. The van der Waals surface area contributed by atoms with Crippen molar-refractivity contribution in [1.29, 1.82) is 5.26 Å². The van der Waals surface area contributed by atoms with E-state index in [0.29, 0.717) is 38.8 Å². The van der Waals surface area contributed by atoms with Crippen molar-refractivity contribution in [2.75, 3.05) is 55.7 Å². The van der Waals surface area contributed by atoms with E-state index < -0.39 is 0 Å². The van der Waals surface area contributed by atoms with E-state index in [1.807, 2.05) is 0 Å². The van der Waals surface area contributed by atoms with Gasteiger partial charge in [0.2, 0.25) is 5.91 Å². The van der Waals surface area contributed by atoms with E-state index in [4.69, 9.17) is 14.7 Å². The molecule has 4 aliphatic rings. The Balaban J connectivity index is 1.21. The van der Waals surface area contributed by atoms with Crippen molar-refractivity contribution in [1.82, 2.24) is 19.8 Å². The van der Waals surface area contributed by atoms with Crippen molar-refractivity contribution in [2.24, 2.45) is 0 Å². The maximum atomic E-state index is 12.6. The number of amides is 1. The van der Waals surface area contributed by atoms with Crippen molar-refractivity contribution in [3.05, 3.63) is 53.6 Å². The molecule has 0 aliphatic carbocycles. The quantitative estimate of drug-likeness (QED) is 0.379. The number of aromatic nitrogens is 2. The van der Waals surface area contributed by atoms with Crippen molar-refractivity contribution < 1.29 is 9.53 Å². The summed E-state index contributed by atoms with van der Waals surface area (Å²) in [6, 6.07) is 11.2. The smallest absolute Gasteiger partial charge is 0.318 e. The minimum Gasteiger partial charge on any atom is -0.461 e. The maximum Gasteiger partial charge on any atom is 0.318 e. The molecule has 3 aromatic rings. The van der Waals surface area contributed by atoms with Crippen LogP contribution >= 0.6 is 11.3 Å². The molecular weight excluding hydrogens is 546 g/mol. The number of thiophene rings is 1. The highest BCUT2D eigenvalue weighted by Gasteiger charge is 2.45. The van der Waals surface area contributed by atoms with Crippen molar-refractivity contribution in [2.45, 2.75) is 56.7 Å². The average molecular weight is 584 g/mol. The molecule has 0 bridgehead atoms. The molecule has 2 aromatic heterocycles. The summed E-state index contributed by atoms with van der Waals surface area (Å²) in [5.74, 6) is 0.767. The van der Waals surface area contributed by atoms with Gasteiger partial charge in [-0.15, -0.1) is 11.3 Å². The normalized spacial score (nSPS) is 21.7. The number of anilines is 2. The van der Waals surface area contributed by atoms with E-state index in [-0.39, 0.29) is 23.9 Å². The zero-order valence-corrected chi connectivity index (χ0v) is 24.8. The summed E-state index contributed by atoms with van der Waals surface area (Å²) in [6.45, 7) is 9.85. The number of hydrogen-bond donors (Lipinski definition) is 0. The second kappa shape index (κ2) is 11.2. The largest absolute Gasteiger partial charge is 0.461 e. The van der Waals surface area contributed by atoms with Crippen LogP contribution in [-0.4, -0.2) is 83.1 Å². The molecule has 4 aliphatic heterocycles. The van der Waals surface area contributed by atoms with Crippen LogP contribution in [0.5, 0.6) is 6.01 Å². The van der Waals surface area contributed by atoms with Gasteiger partial charge in [0.05, 0.1) is 46.7 Å². The van der Waals surface area contributed by atoms with Gasteiger partial charge in [0.25, 0.3) is 0 Å². The Morgan fingerprint density at radius 1 is 1.14 bits per heavy atom. The first-order valence-electron chi connectivity index (χ1n) is 15.1. The highest BCUT2D eigenvalue weighted by atomic mass is 32.1. The lowest BCUT2D eigenvalue weighted by molar-refractivity contribution is -0.128. The first-order chi connectivity index (χ1) is 20.6. The number of nitriles is 1. The summed E-state index contributed by atoms with van der Waals surface area (Å²) in [5.41, 5.74) is 3.50. The molecule has 218 valence electrons. The SMILES string of the molecule is C=CC(=O)N1CCN(c2nc(OCC34CCCN3CCC4)nc3c2CCN(c2cccc4ccsc24)C3)C[C@@H]1CC#N. The number of ether oxygens (including phenoxy) is 1. The molecule has 0 unspecified atom stereocenters. The Bertz CT molecular complexity index is 1540. The highest BCUT2D eigenvalue weighted by Crippen LogP contribution is 2.40. The molecule has 9 nitrogen and oxygen atoms in total. The van der Waals surface area contributed by atoms with Gasteiger partial charge in [0, 0.05) is 31.7 Å². The fraction of sp³-hybridized carbons (Fsp3) is 0.500. The van der Waals surface area contributed by atoms with Gasteiger partial charge in [-0.1, -0.05) is 18.7 Å². The Labute approximate surface area is 251 Å². The molecule has 0 spiro atoms.